The molecule has 3 fully saturated rings. The predicted molar refractivity (Wildman–Crippen MR) is 149 cm³/mol. The van der Waals surface area contributed by atoms with E-state index >= 15 is 0 Å². The van der Waals surface area contributed by atoms with Crippen LogP contribution in [0.2, 0.25) is 0 Å². The molecule has 3 saturated carbocycles. The summed E-state index contributed by atoms with van der Waals surface area (Å²) in [5.41, 5.74) is 14.0. The average molecular weight is 501 g/mol. The number of carbonyl (C=O) groups excluding carboxylic acids is 1. The second-order valence-electron chi connectivity index (χ2n) is 14.1. The standard InChI is InChI=1S/C32H56N2O2/c1-21(2)8-6-9-22(3)26-13-14-27-25-12-11-23-20-24(36-30(35)29(34)10-7-19-33)15-17-31(23,4)28(25)16-18-32(26,27)5/h11,21-22,24-29H,6-10,12-20,33-34H2,1-5H3/t22-,24+,25+,26-,27+,28+,29-,31+,32-/m1/s1. The van der Waals surface area contributed by atoms with Gasteiger partial charge < -0.3 is 16.2 Å². The van der Waals surface area contributed by atoms with Crippen LogP contribution in [0.15, 0.2) is 11.6 Å². The van der Waals surface area contributed by atoms with Crippen molar-refractivity contribution < 1.29 is 9.53 Å². The molecule has 9 atom stereocenters. The fourth-order valence-corrected chi connectivity index (χ4v) is 9.46. The van der Waals surface area contributed by atoms with Gasteiger partial charge in [-0.15, -0.1) is 0 Å². The number of allylic oxidation sites excluding steroid dienone is 1. The Labute approximate surface area is 221 Å². The summed E-state index contributed by atoms with van der Waals surface area (Å²) in [6, 6.07) is -0.536. The van der Waals surface area contributed by atoms with Crippen molar-refractivity contribution in [1.29, 1.82) is 0 Å². The molecular formula is C32H56N2O2. The molecule has 0 saturated heterocycles. The zero-order valence-electron chi connectivity index (χ0n) is 24.1. The highest BCUT2D eigenvalue weighted by Gasteiger charge is 2.59. The second-order valence-corrected chi connectivity index (χ2v) is 14.1. The van der Waals surface area contributed by atoms with Gasteiger partial charge in [0.25, 0.3) is 0 Å². The molecule has 0 aromatic heterocycles. The average Bonchev–Trinajstić information content (AvgIpc) is 3.19. The molecule has 0 spiro atoms. The Bertz CT molecular complexity index is 793. The maximum absolute atomic E-state index is 12.5. The van der Waals surface area contributed by atoms with Gasteiger partial charge in [-0.05, 0) is 111 Å². The van der Waals surface area contributed by atoms with E-state index in [1.54, 1.807) is 5.57 Å². The Kier molecular flexibility index (Phi) is 8.97. The molecule has 0 aromatic rings. The zero-order valence-corrected chi connectivity index (χ0v) is 24.1. The Morgan fingerprint density at radius 2 is 1.81 bits per heavy atom. The Morgan fingerprint density at radius 1 is 1.03 bits per heavy atom. The van der Waals surface area contributed by atoms with Crippen LogP contribution in [-0.4, -0.2) is 24.7 Å². The maximum atomic E-state index is 12.5. The Morgan fingerprint density at radius 3 is 2.53 bits per heavy atom. The first-order valence-electron chi connectivity index (χ1n) is 15.5. The maximum Gasteiger partial charge on any atom is 0.323 e. The molecular weight excluding hydrogens is 444 g/mol. The minimum atomic E-state index is -0.536. The predicted octanol–water partition coefficient (Wildman–Crippen LogP) is 7.01. The van der Waals surface area contributed by atoms with E-state index in [0.29, 0.717) is 18.4 Å². The lowest BCUT2D eigenvalue weighted by Gasteiger charge is -2.58. The summed E-state index contributed by atoms with van der Waals surface area (Å²) in [6.07, 6.45) is 18.1. The van der Waals surface area contributed by atoms with Crippen molar-refractivity contribution in [3.63, 3.8) is 0 Å². The Balaban J connectivity index is 1.40. The van der Waals surface area contributed by atoms with Gasteiger partial charge in [-0.2, -0.15) is 0 Å². The number of fused-ring (bicyclic) bond motifs is 5. The number of hydrogen-bond acceptors (Lipinski definition) is 4. The summed E-state index contributed by atoms with van der Waals surface area (Å²) in [5.74, 6) is 4.89. The first kappa shape index (κ1) is 28.1. The van der Waals surface area contributed by atoms with E-state index in [9.17, 15) is 4.79 Å². The molecule has 0 aliphatic heterocycles. The van der Waals surface area contributed by atoms with Crippen molar-refractivity contribution in [3.05, 3.63) is 11.6 Å². The molecule has 0 amide bonds. The Hall–Kier alpha value is -0.870. The van der Waals surface area contributed by atoms with Gasteiger partial charge in [-0.25, -0.2) is 0 Å². The van der Waals surface area contributed by atoms with Gasteiger partial charge in [-0.3, -0.25) is 4.79 Å². The highest BCUT2D eigenvalue weighted by Crippen LogP contribution is 2.67. The fourth-order valence-electron chi connectivity index (χ4n) is 9.46. The molecule has 0 heterocycles. The normalized spacial score (nSPS) is 39.6. The van der Waals surface area contributed by atoms with Crippen LogP contribution in [0.25, 0.3) is 0 Å². The van der Waals surface area contributed by atoms with Crippen molar-refractivity contribution in [2.75, 3.05) is 6.54 Å². The van der Waals surface area contributed by atoms with Crippen molar-refractivity contribution in [2.24, 2.45) is 57.8 Å². The van der Waals surface area contributed by atoms with Crippen molar-refractivity contribution >= 4 is 5.97 Å². The quantitative estimate of drug-likeness (QED) is 0.250. The third-order valence-electron chi connectivity index (χ3n) is 11.6. The summed E-state index contributed by atoms with van der Waals surface area (Å²) in [6.45, 7) is 13.1. The molecule has 0 unspecified atom stereocenters. The SMILES string of the molecule is CC(C)CCC[C@@H](C)[C@H]1CC[C@H]2[C@@H]3CC=C4C[C@@H](OC(=O)[C@H](N)CCCN)CC[C@]4(C)[C@H]3CC[C@]12C. The highest BCUT2D eigenvalue weighted by atomic mass is 16.5. The van der Waals surface area contributed by atoms with Crippen LogP contribution in [-0.2, 0) is 9.53 Å². The number of carbonyl (C=O) groups is 1. The van der Waals surface area contributed by atoms with Gasteiger partial charge in [0, 0.05) is 6.42 Å². The van der Waals surface area contributed by atoms with Gasteiger partial charge >= 0.3 is 5.97 Å². The summed E-state index contributed by atoms with van der Waals surface area (Å²) in [7, 11) is 0. The first-order valence-corrected chi connectivity index (χ1v) is 15.5. The van der Waals surface area contributed by atoms with Gasteiger partial charge in [0.2, 0.25) is 0 Å². The third-order valence-corrected chi connectivity index (χ3v) is 11.6. The lowest BCUT2D eigenvalue weighted by molar-refractivity contribution is -0.153. The van der Waals surface area contributed by atoms with E-state index in [1.165, 1.54) is 51.4 Å². The third kappa shape index (κ3) is 5.46. The molecule has 0 radical (unpaired) electrons. The number of nitrogens with two attached hydrogens (primary N) is 2. The highest BCUT2D eigenvalue weighted by molar-refractivity contribution is 5.75. The van der Waals surface area contributed by atoms with E-state index in [2.05, 4.69) is 40.7 Å². The molecule has 4 heteroatoms. The monoisotopic (exact) mass is 500 g/mol. The largest absolute Gasteiger partial charge is 0.461 e. The number of esters is 1. The summed E-state index contributed by atoms with van der Waals surface area (Å²) < 4.78 is 5.91. The van der Waals surface area contributed by atoms with Crippen LogP contribution in [0, 0.1) is 46.3 Å². The van der Waals surface area contributed by atoms with Crippen LogP contribution < -0.4 is 11.5 Å². The molecule has 0 aromatic carbocycles. The zero-order chi connectivity index (χ0) is 26.1. The fraction of sp³-hybridized carbons (Fsp3) is 0.906. The van der Waals surface area contributed by atoms with E-state index in [-0.39, 0.29) is 17.5 Å². The molecule has 4 nitrogen and oxygen atoms in total. The van der Waals surface area contributed by atoms with Gasteiger partial charge in [0.05, 0.1) is 0 Å². The van der Waals surface area contributed by atoms with E-state index in [0.717, 1.165) is 61.2 Å². The van der Waals surface area contributed by atoms with Crippen molar-refractivity contribution in [1.82, 2.24) is 0 Å². The molecule has 4 aliphatic rings. The van der Waals surface area contributed by atoms with Crippen LogP contribution in [0.5, 0.6) is 0 Å². The van der Waals surface area contributed by atoms with Crippen LogP contribution in [0.4, 0.5) is 0 Å². The first-order chi connectivity index (χ1) is 17.1. The minimum Gasteiger partial charge on any atom is -0.461 e. The topological polar surface area (TPSA) is 78.3 Å². The lowest BCUT2D eigenvalue weighted by Crippen LogP contribution is -2.51. The summed E-state index contributed by atoms with van der Waals surface area (Å²) >= 11 is 0. The number of ether oxygens (including phenoxy) is 1. The van der Waals surface area contributed by atoms with E-state index in [1.807, 2.05) is 0 Å². The molecule has 0 bridgehead atoms. The van der Waals surface area contributed by atoms with Crippen molar-refractivity contribution in [3.8, 4) is 0 Å². The van der Waals surface area contributed by atoms with E-state index in [4.69, 9.17) is 16.2 Å². The molecule has 4 aliphatic carbocycles. The van der Waals surface area contributed by atoms with Gasteiger partial charge in [0.15, 0.2) is 0 Å². The van der Waals surface area contributed by atoms with Gasteiger partial charge in [-0.1, -0.05) is 65.5 Å². The smallest absolute Gasteiger partial charge is 0.323 e. The van der Waals surface area contributed by atoms with Crippen LogP contribution in [0.1, 0.15) is 118 Å². The van der Waals surface area contributed by atoms with Gasteiger partial charge in [0.1, 0.15) is 12.1 Å². The lowest BCUT2D eigenvalue weighted by atomic mass is 9.47. The number of hydrogen-bond donors (Lipinski definition) is 2. The summed E-state index contributed by atoms with van der Waals surface area (Å²) in [4.78, 5) is 12.5. The molecule has 4 N–H and O–H groups in total. The van der Waals surface area contributed by atoms with E-state index < -0.39 is 6.04 Å². The molecule has 36 heavy (non-hydrogen) atoms. The second kappa shape index (κ2) is 11.5. The minimum absolute atomic E-state index is 0.00583. The molecule has 206 valence electrons. The van der Waals surface area contributed by atoms with Crippen LogP contribution >= 0.6 is 0 Å². The summed E-state index contributed by atoms with van der Waals surface area (Å²) in [5, 5.41) is 0. The van der Waals surface area contributed by atoms with Crippen LogP contribution in [0.3, 0.4) is 0 Å². The van der Waals surface area contributed by atoms with Crippen molar-refractivity contribution in [2.45, 2.75) is 130 Å². The molecule has 4 rings (SSSR count). The number of rotatable bonds is 10.